The number of carbonyl (C=O) groups is 2. The molecule has 2 heterocycles. The molecule has 0 spiro atoms. The Morgan fingerprint density at radius 1 is 0.969 bits per heavy atom. The molecule has 0 unspecified atom stereocenters. The van der Waals surface area contributed by atoms with E-state index in [1.807, 2.05) is 29.8 Å². The van der Waals surface area contributed by atoms with E-state index in [-0.39, 0.29) is 5.91 Å². The van der Waals surface area contributed by atoms with Crippen LogP contribution >= 0.6 is 0 Å². The van der Waals surface area contributed by atoms with Crippen LogP contribution in [0.4, 0.5) is 11.4 Å². The molecule has 32 heavy (non-hydrogen) atoms. The third kappa shape index (κ3) is 4.65. The van der Waals surface area contributed by atoms with Crippen LogP contribution in [0.3, 0.4) is 0 Å². The number of nitrogens with one attached hydrogen (secondary N) is 1. The Kier molecular flexibility index (Phi) is 6.23. The van der Waals surface area contributed by atoms with Crippen LogP contribution in [0.15, 0.2) is 54.6 Å². The van der Waals surface area contributed by atoms with Gasteiger partial charge in [-0.2, -0.15) is 5.10 Å². The Labute approximate surface area is 187 Å². The van der Waals surface area contributed by atoms with E-state index in [2.05, 4.69) is 34.2 Å². The average Bonchev–Trinajstić information content (AvgIpc) is 3.09. The fourth-order valence-electron chi connectivity index (χ4n) is 4.16. The summed E-state index contributed by atoms with van der Waals surface area (Å²) in [5, 5.41) is 7.63. The largest absolute Gasteiger partial charge is 0.366 e. The summed E-state index contributed by atoms with van der Waals surface area (Å²) >= 11 is 0. The van der Waals surface area contributed by atoms with Crippen LogP contribution < -0.4 is 16.0 Å². The number of anilines is 2. The molecule has 1 aromatic heterocycles. The highest BCUT2D eigenvalue weighted by atomic mass is 16.2. The average molecular weight is 433 g/mol. The van der Waals surface area contributed by atoms with E-state index in [4.69, 9.17) is 10.8 Å². The van der Waals surface area contributed by atoms with E-state index >= 15 is 0 Å². The lowest BCUT2D eigenvalue weighted by atomic mass is 10.2. The summed E-state index contributed by atoms with van der Waals surface area (Å²) in [5.74, 6) is -0.560. The summed E-state index contributed by atoms with van der Waals surface area (Å²) in [6, 6.07) is 16.7. The number of hydrogen-bond donors (Lipinski definition) is 2. The van der Waals surface area contributed by atoms with Gasteiger partial charge in [0.1, 0.15) is 0 Å². The zero-order valence-corrected chi connectivity index (χ0v) is 18.4. The first kappa shape index (κ1) is 21.6. The van der Waals surface area contributed by atoms with Crippen molar-refractivity contribution in [1.82, 2.24) is 14.7 Å². The molecule has 2 amide bonds. The molecule has 0 aliphatic carbocycles. The maximum absolute atomic E-state index is 12.4. The number of para-hydroxylation sites is 1. The number of nitrogens with zero attached hydrogens (tertiary/aromatic N) is 4. The lowest BCUT2D eigenvalue weighted by molar-refractivity contribution is -0.117. The van der Waals surface area contributed by atoms with Crippen LogP contribution in [0.25, 0.3) is 5.69 Å². The highest BCUT2D eigenvalue weighted by Crippen LogP contribution is 2.27. The van der Waals surface area contributed by atoms with Gasteiger partial charge in [-0.25, -0.2) is 4.68 Å². The van der Waals surface area contributed by atoms with Crippen molar-refractivity contribution in [2.75, 3.05) is 42.9 Å². The van der Waals surface area contributed by atoms with E-state index in [0.717, 1.165) is 43.3 Å². The number of primary amides is 1. The molecule has 8 heteroatoms. The molecule has 2 aromatic carbocycles. The SMILES string of the molecule is Cc1nn(-c2ccccc2)c(C)c1N1CCN(CC(=O)Nc2ccc(C(N)=O)cc2)CC1. The van der Waals surface area contributed by atoms with Gasteiger partial charge in [0.15, 0.2) is 0 Å². The predicted octanol–water partition coefficient (Wildman–Crippen LogP) is 2.35. The van der Waals surface area contributed by atoms with Crippen LogP contribution in [-0.4, -0.2) is 59.2 Å². The van der Waals surface area contributed by atoms with Gasteiger partial charge in [-0.15, -0.1) is 0 Å². The number of nitrogens with two attached hydrogens (primary N) is 1. The highest BCUT2D eigenvalue weighted by Gasteiger charge is 2.24. The summed E-state index contributed by atoms with van der Waals surface area (Å²) in [6.45, 7) is 7.74. The third-order valence-corrected chi connectivity index (χ3v) is 5.76. The monoisotopic (exact) mass is 432 g/mol. The molecule has 1 aliphatic rings. The molecule has 0 bridgehead atoms. The normalized spacial score (nSPS) is 14.4. The molecule has 0 saturated carbocycles. The van der Waals surface area contributed by atoms with Gasteiger partial charge in [-0.3, -0.25) is 14.5 Å². The van der Waals surface area contributed by atoms with Gasteiger partial charge >= 0.3 is 0 Å². The van der Waals surface area contributed by atoms with Crippen LogP contribution in [-0.2, 0) is 4.79 Å². The second-order valence-electron chi connectivity index (χ2n) is 8.02. The van der Waals surface area contributed by atoms with Crippen molar-refractivity contribution in [2.24, 2.45) is 5.73 Å². The van der Waals surface area contributed by atoms with Gasteiger partial charge in [0.25, 0.3) is 0 Å². The molecule has 4 rings (SSSR count). The van der Waals surface area contributed by atoms with Gasteiger partial charge in [0.05, 0.1) is 29.3 Å². The maximum atomic E-state index is 12.4. The van der Waals surface area contributed by atoms with Crippen LogP contribution in [0.5, 0.6) is 0 Å². The number of hydrogen-bond acceptors (Lipinski definition) is 5. The number of carbonyl (C=O) groups excluding carboxylic acids is 2. The molecule has 3 N–H and O–H groups in total. The van der Waals surface area contributed by atoms with Crippen molar-refractivity contribution in [3.63, 3.8) is 0 Å². The molecular weight excluding hydrogens is 404 g/mol. The second-order valence-corrected chi connectivity index (χ2v) is 8.02. The first-order valence-corrected chi connectivity index (χ1v) is 10.7. The highest BCUT2D eigenvalue weighted by molar-refractivity contribution is 5.95. The van der Waals surface area contributed by atoms with Gasteiger partial charge in [0.2, 0.25) is 11.8 Å². The van der Waals surface area contributed by atoms with Gasteiger partial charge in [-0.05, 0) is 50.2 Å². The molecule has 0 atom stereocenters. The molecule has 166 valence electrons. The van der Waals surface area contributed by atoms with Crippen LogP contribution in [0, 0.1) is 13.8 Å². The summed E-state index contributed by atoms with van der Waals surface area (Å²) in [7, 11) is 0. The fourth-order valence-corrected chi connectivity index (χ4v) is 4.16. The molecule has 1 aliphatic heterocycles. The molecule has 3 aromatic rings. The Bertz CT molecular complexity index is 1100. The standard InChI is InChI=1S/C24H28N6O2/c1-17-23(18(2)30(27-17)21-6-4-3-5-7-21)29-14-12-28(13-15-29)16-22(31)26-20-10-8-19(9-11-20)24(25)32/h3-11H,12-16H2,1-2H3,(H2,25,32)(H,26,31). The van der Waals surface area contributed by atoms with E-state index in [1.165, 1.54) is 5.69 Å². The number of aromatic nitrogens is 2. The molecule has 8 nitrogen and oxygen atoms in total. The zero-order valence-electron chi connectivity index (χ0n) is 18.4. The minimum Gasteiger partial charge on any atom is -0.366 e. The van der Waals surface area contributed by atoms with Crippen molar-refractivity contribution in [1.29, 1.82) is 0 Å². The molecule has 0 radical (unpaired) electrons. The number of piperazine rings is 1. The van der Waals surface area contributed by atoms with Crippen LogP contribution in [0.2, 0.25) is 0 Å². The smallest absolute Gasteiger partial charge is 0.248 e. The summed E-state index contributed by atoms with van der Waals surface area (Å²) in [5.41, 5.74) is 10.7. The Hall–Kier alpha value is -3.65. The van der Waals surface area contributed by atoms with E-state index in [9.17, 15) is 9.59 Å². The Morgan fingerprint density at radius 2 is 1.62 bits per heavy atom. The van der Waals surface area contributed by atoms with Crippen molar-refractivity contribution in [3.8, 4) is 5.69 Å². The summed E-state index contributed by atoms with van der Waals surface area (Å²) < 4.78 is 1.99. The van der Waals surface area contributed by atoms with E-state index in [1.54, 1.807) is 24.3 Å². The van der Waals surface area contributed by atoms with E-state index in [0.29, 0.717) is 17.8 Å². The number of rotatable bonds is 6. The maximum Gasteiger partial charge on any atom is 0.248 e. The third-order valence-electron chi connectivity index (χ3n) is 5.76. The molecular formula is C24H28N6O2. The zero-order chi connectivity index (χ0) is 22.7. The summed E-state index contributed by atoms with van der Waals surface area (Å²) in [4.78, 5) is 28.1. The first-order valence-electron chi connectivity index (χ1n) is 10.7. The second kappa shape index (κ2) is 9.23. The summed E-state index contributed by atoms with van der Waals surface area (Å²) in [6.07, 6.45) is 0. The van der Waals surface area contributed by atoms with Gasteiger partial charge < -0.3 is 16.0 Å². The van der Waals surface area contributed by atoms with Crippen molar-refractivity contribution >= 4 is 23.2 Å². The first-order chi connectivity index (χ1) is 15.4. The molecule has 1 fully saturated rings. The van der Waals surface area contributed by atoms with Gasteiger partial charge in [0, 0.05) is 37.4 Å². The lowest BCUT2D eigenvalue weighted by Crippen LogP contribution is -2.49. The predicted molar refractivity (Wildman–Crippen MR) is 125 cm³/mol. The van der Waals surface area contributed by atoms with Crippen molar-refractivity contribution in [2.45, 2.75) is 13.8 Å². The van der Waals surface area contributed by atoms with Crippen molar-refractivity contribution < 1.29 is 9.59 Å². The number of benzene rings is 2. The fraction of sp³-hybridized carbons (Fsp3) is 0.292. The van der Waals surface area contributed by atoms with Crippen molar-refractivity contribution in [3.05, 3.63) is 71.5 Å². The minimum absolute atomic E-state index is 0.0745. The van der Waals surface area contributed by atoms with E-state index < -0.39 is 5.91 Å². The minimum atomic E-state index is -0.486. The lowest BCUT2D eigenvalue weighted by Gasteiger charge is -2.35. The molecule has 1 saturated heterocycles. The topological polar surface area (TPSA) is 96.5 Å². The number of amides is 2. The Morgan fingerprint density at radius 3 is 2.25 bits per heavy atom. The number of aryl methyl sites for hydroxylation is 1. The quantitative estimate of drug-likeness (QED) is 0.623. The van der Waals surface area contributed by atoms with Crippen LogP contribution in [0.1, 0.15) is 21.7 Å². The Balaban J connectivity index is 1.34. The van der Waals surface area contributed by atoms with Gasteiger partial charge in [-0.1, -0.05) is 18.2 Å².